The van der Waals surface area contributed by atoms with E-state index < -0.39 is 23.2 Å². The molecule has 13 aromatic heterocycles. The number of nitrogens with zero attached hydrogens (tertiary/aromatic N) is 13. The number of aromatic nitrogens is 13. The van der Waals surface area contributed by atoms with Crippen LogP contribution in [-0.2, 0) is 0 Å². The summed E-state index contributed by atoms with van der Waals surface area (Å²) in [5, 5.41) is 12.4. The Morgan fingerprint density at radius 3 is 0.792 bits per heavy atom. The first-order chi connectivity index (χ1) is 73.0. The maximum absolute atomic E-state index is 6.41. The Balaban J connectivity index is 0.000000115. The Hall–Kier alpha value is -18.2. The molecule has 1 aliphatic heterocycles. The molecule has 24 aromatic rings. The normalized spacial score (nSPS) is 12.1. The van der Waals surface area contributed by atoms with Crippen LogP contribution in [0.3, 0.4) is 0 Å². The second-order valence-electron chi connectivity index (χ2n) is 37.9. The van der Waals surface area contributed by atoms with Gasteiger partial charge in [0.15, 0.2) is 0 Å². The molecule has 18 heteroatoms. The minimum atomic E-state index is -2.86. The number of para-hydroxylation sites is 3. The molecule has 0 N–H and O–H groups in total. The van der Waals surface area contributed by atoms with Crippen LogP contribution >= 0.6 is 0 Å². The van der Waals surface area contributed by atoms with Gasteiger partial charge in [0.1, 0.15) is 41.9 Å². The Morgan fingerprint density at radius 2 is 0.477 bits per heavy atom. The third kappa shape index (κ3) is 19.7. The monoisotopic (exact) mass is 1960 g/mol. The number of benzene rings is 11. The Kier molecular flexibility index (Phi) is 27.1. The maximum Gasteiger partial charge on any atom is 1.20 e. The number of rotatable bonds is 18. The summed E-state index contributed by atoms with van der Waals surface area (Å²) in [6.07, 6.45) is 12.5. The molecule has 25 rings (SSSR count). The average molecular weight is 1960 g/mol. The van der Waals surface area contributed by atoms with Gasteiger partial charge in [-0.05, 0) is 300 Å². The second-order valence-corrected chi connectivity index (χ2v) is 43.4. The molecule has 716 valence electrons. The van der Waals surface area contributed by atoms with Crippen LogP contribution in [0, 0.1) is 55.4 Å². The molecular weight excluding hydrogens is 1860 g/mol. The van der Waals surface area contributed by atoms with E-state index >= 15 is 0 Å². The molecule has 0 saturated heterocycles. The first-order valence-electron chi connectivity index (χ1n) is 50.0. The largest absolute Gasteiger partial charge is 1.20 e. The quantitative estimate of drug-likeness (QED) is 0.0446. The van der Waals surface area contributed by atoms with Gasteiger partial charge in [0, 0.05) is 92.8 Å². The maximum atomic E-state index is 6.41. The lowest BCUT2D eigenvalue weighted by Crippen LogP contribution is -2.37. The Labute approximate surface area is 871 Å². The van der Waals surface area contributed by atoms with Crippen LogP contribution in [0.25, 0.3) is 188 Å². The molecule has 0 spiro atoms. The molecule has 149 heavy (non-hydrogen) atoms. The van der Waals surface area contributed by atoms with Crippen LogP contribution in [0.15, 0.2) is 438 Å². The SMILES string of the molecule is Cc1cc(-c2ccccc2)c2ccc3c(-c4ccccc4)cc(C)nc3c2n1.Cc1cc(C)c(C2=C(c3cccc(-c4ccccn4)n3)[Si](C)(C)C(c3cccc(-c4ccccn4)n3)=C2c2c(C)cc(C)cc2C)c(C)c1.c1ccc(-c2cccc(-c3c4ccccc4c(-c4cccc(-c5ccccn5)n4)c4ccccc34)n2)nc1.c1cnc2c([O][Al]([O]c3cccc4cccnc34)[O]c3cccc4cccnc34)cccc2c1. The summed E-state index contributed by atoms with van der Waals surface area (Å²) in [4.78, 5) is 62.7. The van der Waals surface area contributed by atoms with Crippen LogP contribution in [0.2, 0.25) is 13.1 Å². The Bertz CT molecular complexity index is 8550. The highest BCUT2D eigenvalue weighted by atomic mass is 28.3. The highest BCUT2D eigenvalue weighted by Crippen LogP contribution is 2.58. The highest BCUT2D eigenvalue weighted by molar-refractivity contribution is 7.13. The molecule has 0 radical (unpaired) electrons. The fourth-order valence-electron chi connectivity index (χ4n) is 21.0. The average Bonchev–Trinajstić information content (AvgIpc) is 1.54. The van der Waals surface area contributed by atoms with E-state index in [1.807, 2.05) is 200 Å². The molecule has 0 saturated carbocycles. The van der Waals surface area contributed by atoms with Crippen LogP contribution in [0.5, 0.6) is 17.2 Å². The third-order valence-electron chi connectivity index (χ3n) is 27.2. The zero-order valence-electron chi connectivity index (χ0n) is 84.2. The molecule has 16 nitrogen and oxygen atoms in total. The number of pyridine rings is 13. The Morgan fingerprint density at radius 1 is 0.208 bits per heavy atom. The van der Waals surface area contributed by atoms with Gasteiger partial charge in [-0.1, -0.05) is 273 Å². The summed E-state index contributed by atoms with van der Waals surface area (Å²) in [7, 11) is -2.55. The summed E-state index contributed by atoms with van der Waals surface area (Å²) in [6, 6.07) is 134. The lowest BCUT2D eigenvalue weighted by molar-refractivity contribution is 0.311. The van der Waals surface area contributed by atoms with E-state index in [1.165, 1.54) is 88.3 Å². The zero-order chi connectivity index (χ0) is 102. The van der Waals surface area contributed by atoms with Gasteiger partial charge in [0.05, 0.1) is 79.4 Å². The molecule has 11 aromatic carbocycles. The molecule has 0 aliphatic carbocycles. The topological polar surface area (TPSA) is 195 Å². The fraction of sp³-hybridized carbons (Fsp3) is 0.0763. The van der Waals surface area contributed by atoms with Crippen molar-refractivity contribution in [1.29, 1.82) is 0 Å². The van der Waals surface area contributed by atoms with Gasteiger partial charge in [-0.2, -0.15) is 0 Å². The van der Waals surface area contributed by atoms with Crippen molar-refractivity contribution in [2.45, 2.75) is 68.5 Å². The van der Waals surface area contributed by atoms with Crippen molar-refractivity contribution in [3.8, 4) is 108 Å². The molecule has 1 aliphatic rings. The van der Waals surface area contributed by atoms with Gasteiger partial charge in [-0.15, -0.1) is 0 Å². The van der Waals surface area contributed by atoms with E-state index in [4.69, 9.17) is 41.3 Å². The van der Waals surface area contributed by atoms with Crippen molar-refractivity contribution in [3.63, 3.8) is 0 Å². The summed E-state index contributed by atoms with van der Waals surface area (Å²) in [6.45, 7) is 22.5. The summed E-state index contributed by atoms with van der Waals surface area (Å²) < 4.78 is 19.2. The standard InChI is InChI=1S/C44H42N4Si.C34H22N4.C26H20N2.3C9H7NO.Al/c1-27-23-29(3)39(30(4)24-27)41-42(40-31(5)25-28(2)26-32(40)6)44(38-20-14-18-36(48-38)34-16-10-12-22-46-34)49(7,8)43(41)37-19-13-17-35(47-37)33-15-9-11-21-45-33;1-2-12-24-23(11-1)33(31-19-9-17-29(37-31)27-15-5-7-21-35-27)25-13-3-4-14-26(25)34(24)32-20-10-18-30(38-32)28-16-6-8-22-36-28;1-17-15-23(19-9-5-3-6-10-19)21-13-14-22-24(20-11-7-4-8-12-20)16-18(2)28-26(22)25(21)27-17;3*11-8-5-1-3-7-4-2-6-10-9(7)8;/h9-26H,1-8H3;1-22H;3-16H,1-2H3;3*1-6,11H;/q;;;;;;+3/p-3. The van der Waals surface area contributed by atoms with E-state index in [0.29, 0.717) is 17.2 Å². The molecule has 0 amide bonds. The minimum Gasteiger partial charge on any atom is -0.576 e. The van der Waals surface area contributed by atoms with Crippen LogP contribution < -0.4 is 11.4 Å². The molecule has 0 atom stereocenters. The van der Waals surface area contributed by atoms with E-state index in [-0.39, 0.29) is 0 Å². The predicted molar refractivity (Wildman–Crippen MR) is 612 cm³/mol. The summed E-state index contributed by atoms with van der Waals surface area (Å²) in [5.74, 6) is 1.82. The van der Waals surface area contributed by atoms with Gasteiger partial charge < -0.3 is 11.4 Å². The van der Waals surface area contributed by atoms with Crippen molar-refractivity contribution in [1.82, 2.24) is 64.8 Å². The smallest absolute Gasteiger partial charge is 0.576 e. The fourth-order valence-corrected chi connectivity index (χ4v) is 25.9. The lowest BCUT2D eigenvalue weighted by Gasteiger charge is -2.26. The first kappa shape index (κ1) is 95.7. The van der Waals surface area contributed by atoms with Crippen molar-refractivity contribution >= 4 is 121 Å². The zero-order valence-corrected chi connectivity index (χ0v) is 86.3. The van der Waals surface area contributed by atoms with Gasteiger partial charge in [0.25, 0.3) is 0 Å². The highest BCUT2D eigenvalue weighted by Gasteiger charge is 2.48. The van der Waals surface area contributed by atoms with Gasteiger partial charge >= 0.3 is 15.1 Å². The number of aryl methyl sites for hydroxylation is 8. The van der Waals surface area contributed by atoms with E-state index in [9.17, 15) is 0 Å². The molecule has 14 heterocycles. The van der Waals surface area contributed by atoms with E-state index in [1.54, 1.807) is 31.0 Å². The molecular formula is C131H102AlN13O3Si. The minimum absolute atomic E-state index is 0.608. The van der Waals surface area contributed by atoms with Crippen LogP contribution in [-0.4, -0.2) is 88.0 Å². The molecule has 0 bridgehead atoms. The van der Waals surface area contributed by atoms with Gasteiger partial charge in [0.2, 0.25) is 0 Å². The van der Waals surface area contributed by atoms with Crippen LogP contribution in [0.4, 0.5) is 0 Å². The van der Waals surface area contributed by atoms with E-state index in [0.717, 1.165) is 167 Å². The van der Waals surface area contributed by atoms with Crippen molar-refractivity contribution in [2.75, 3.05) is 0 Å². The van der Waals surface area contributed by atoms with Gasteiger partial charge in [-0.3, -0.25) is 44.9 Å². The lowest BCUT2D eigenvalue weighted by atomic mass is 9.82. The van der Waals surface area contributed by atoms with Crippen molar-refractivity contribution < 1.29 is 11.4 Å². The first-order valence-corrected chi connectivity index (χ1v) is 54.4. The second kappa shape index (κ2) is 42.2. The number of fused-ring (bicyclic) bond motifs is 8. The third-order valence-corrected chi connectivity index (χ3v) is 32.0. The van der Waals surface area contributed by atoms with Crippen molar-refractivity contribution in [2.24, 2.45) is 0 Å². The number of hydrogen-bond acceptors (Lipinski definition) is 16. The summed E-state index contributed by atoms with van der Waals surface area (Å²) >= 11 is -2.86. The van der Waals surface area contributed by atoms with Gasteiger partial charge in [-0.25, -0.2) is 19.9 Å². The predicted octanol–water partition coefficient (Wildman–Crippen LogP) is 31.6. The summed E-state index contributed by atoms with van der Waals surface area (Å²) in [5.41, 5.74) is 36.7. The molecule has 0 unspecified atom stereocenters. The number of hydrogen-bond donors (Lipinski definition) is 0. The molecule has 0 fully saturated rings. The van der Waals surface area contributed by atoms with Crippen molar-refractivity contribution in [3.05, 3.63) is 505 Å². The number of allylic oxidation sites excluding steroid dienone is 2. The van der Waals surface area contributed by atoms with Crippen LogP contribution in [0.1, 0.15) is 67.3 Å². The van der Waals surface area contributed by atoms with E-state index in [2.05, 4.69) is 310 Å².